The highest BCUT2D eigenvalue weighted by atomic mass is 16.5. The second kappa shape index (κ2) is 43.6. The van der Waals surface area contributed by atoms with Crippen LogP contribution in [0.5, 0.6) is 0 Å². The molecule has 58 heavy (non-hydrogen) atoms. The van der Waals surface area contributed by atoms with Gasteiger partial charge in [-0.2, -0.15) is 42.1 Å². The molecule has 0 aromatic carbocycles. The molecule has 6 N–H and O–H groups in total. The molecule has 0 saturated heterocycles. The highest BCUT2D eigenvalue weighted by molar-refractivity contribution is 4.86. The van der Waals surface area contributed by atoms with E-state index in [1.165, 1.54) is 0 Å². The topological polar surface area (TPSA) is 351 Å². The molecule has 0 amide bonds. The van der Waals surface area contributed by atoms with Gasteiger partial charge in [0.1, 0.15) is 0 Å². The van der Waals surface area contributed by atoms with Gasteiger partial charge in [-0.1, -0.05) is 0 Å². The number of nitrogens with two attached hydrogens (primary N) is 3. The monoisotopic (exact) mass is 815 g/mol. The van der Waals surface area contributed by atoms with E-state index in [9.17, 15) is 0 Å². The summed E-state index contributed by atoms with van der Waals surface area (Å²) < 4.78 is 47.7. The standard InChI is InChI=1S/C15H24N4O4.C13H20N4O3.C10H17N3O2/c16-4-1-7-20-10-11-23-14-15(19,12-21-8-2-5-17)13-22-9-3-6-18;14-4-1-7-18-10-13(17,11-19-8-2-5-15)12-20-9-3-6-16;1-10(13,8-14-6-2-4-11)9-15-7-3-5-12/h1-3,7-14,19H2;1-3,7-12,17H2;2-3,6-9,13H2,1H3. The molecule has 20 heteroatoms. The van der Waals surface area contributed by atoms with Crippen LogP contribution in [0, 0.1) is 90.6 Å². The lowest BCUT2D eigenvalue weighted by atomic mass is 10.1. The third kappa shape index (κ3) is 44.2. The maximum absolute atomic E-state index is 8.48. The van der Waals surface area contributed by atoms with Gasteiger partial charge in [0, 0.05) is 0 Å². The molecular formula is C38H61N11O9. The van der Waals surface area contributed by atoms with E-state index >= 15 is 0 Å². The lowest BCUT2D eigenvalue weighted by molar-refractivity contribution is -0.0323. The lowest BCUT2D eigenvalue weighted by Crippen LogP contribution is -2.53. The van der Waals surface area contributed by atoms with Crippen molar-refractivity contribution in [3.05, 3.63) is 0 Å². The SMILES string of the molecule is CC(N)(COCCC#N)COCCC#N.N#CCCOCC(N)(COCCC#N)COCCC#N.N#CCCOCCOCC(N)(COCCC#N)COCCC#N. The number of rotatable bonds is 35. The Morgan fingerprint density at radius 2 is 0.466 bits per heavy atom. The molecule has 0 heterocycles. The summed E-state index contributed by atoms with van der Waals surface area (Å²) in [5, 5.41) is 67.2. The number of ether oxygens (including phenoxy) is 9. The fraction of sp³-hybridized carbons (Fsp3) is 0.789. The highest BCUT2D eigenvalue weighted by Crippen LogP contribution is 2.07. The van der Waals surface area contributed by atoms with Crippen molar-refractivity contribution in [1.82, 2.24) is 0 Å². The van der Waals surface area contributed by atoms with E-state index in [0.29, 0.717) is 131 Å². The van der Waals surface area contributed by atoms with Crippen LogP contribution in [-0.4, -0.2) is 136 Å². The zero-order chi connectivity index (χ0) is 43.9. The number of hydrogen-bond acceptors (Lipinski definition) is 20. The third-order valence-corrected chi connectivity index (χ3v) is 6.44. The number of hydrogen-bond donors (Lipinski definition) is 3. The Hall–Kier alpha value is -4.56. The van der Waals surface area contributed by atoms with E-state index in [0.717, 1.165) is 0 Å². The van der Waals surface area contributed by atoms with Crippen molar-refractivity contribution in [2.45, 2.75) is 74.9 Å². The van der Waals surface area contributed by atoms with Crippen LogP contribution >= 0.6 is 0 Å². The molecule has 0 aromatic heterocycles. The van der Waals surface area contributed by atoms with Crippen molar-refractivity contribution < 1.29 is 42.6 Å². The van der Waals surface area contributed by atoms with E-state index in [1.807, 2.05) is 55.5 Å². The van der Waals surface area contributed by atoms with Crippen molar-refractivity contribution in [2.75, 3.05) is 119 Å². The van der Waals surface area contributed by atoms with Gasteiger partial charge in [-0.05, 0) is 6.92 Å². The summed E-state index contributed by atoms with van der Waals surface area (Å²) >= 11 is 0. The Morgan fingerprint density at radius 3 is 0.690 bits per heavy atom. The Morgan fingerprint density at radius 1 is 0.293 bits per heavy atom. The summed E-state index contributed by atoms with van der Waals surface area (Å²) in [6.45, 7) is 7.03. The van der Waals surface area contributed by atoms with Gasteiger partial charge in [0.25, 0.3) is 0 Å². The summed E-state index contributed by atoms with van der Waals surface area (Å²) in [4.78, 5) is 0. The first kappa shape index (κ1) is 57.8. The van der Waals surface area contributed by atoms with Gasteiger partial charge in [-0.15, -0.1) is 0 Å². The minimum Gasteiger partial charge on any atom is -0.378 e. The van der Waals surface area contributed by atoms with Crippen LogP contribution in [0.1, 0.15) is 58.3 Å². The normalized spacial score (nSPS) is 10.6. The number of nitrogens with zero attached hydrogens (tertiary/aromatic N) is 8. The summed E-state index contributed by atoms with van der Waals surface area (Å²) in [5.41, 5.74) is 15.9. The predicted molar refractivity (Wildman–Crippen MR) is 206 cm³/mol. The predicted octanol–water partition coefficient (Wildman–Crippen LogP) is 1.53. The molecule has 322 valence electrons. The van der Waals surface area contributed by atoms with Crippen LogP contribution < -0.4 is 17.2 Å². The third-order valence-electron chi connectivity index (χ3n) is 6.44. The Bertz CT molecular complexity index is 1230. The summed E-state index contributed by atoms with van der Waals surface area (Å²) in [5.74, 6) is 0. The zero-order valence-electron chi connectivity index (χ0n) is 33.9. The minimum atomic E-state index is -0.850. The number of nitriles is 8. The Balaban J connectivity index is -0.000000800. The fourth-order valence-electron chi connectivity index (χ4n) is 3.72. The first-order valence-corrected chi connectivity index (χ1v) is 18.5. The average molecular weight is 816 g/mol. The summed E-state index contributed by atoms with van der Waals surface area (Å²) in [6, 6.07) is 15.8. The van der Waals surface area contributed by atoms with Gasteiger partial charge < -0.3 is 59.8 Å². The van der Waals surface area contributed by atoms with Crippen LogP contribution in [0.25, 0.3) is 0 Å². The van der Waals surface area contributed by atoms with E-state index in [1.54, 1.807) is 0 Å². The smallest absolute Gasteiger partial charge is 0.0865 e. The molecule has 0 aromatic rings. The molecule has 0 aliphatic heterocycles. The molecular weight excluding hydrogens is 754 g/mol. The second-order valence-electron chi connectivity index (χ2n) is 12.7. The van der Waals surface area contributed by atoms with Crippen molar-refractivity contribution in [3.8, 4) is 48.6 Å². The molecule has 0 unspecified atom stereocenters. The Kier molecular flexibility index (Phi) is 43.4. The van der Waals surface area contributed by atoms with E-state index in [4.69, 9.17) is 102 Å². The molecule has 0 spiro atoms. The van der Waals surface area contributed by atoms with Crippen molar-refractivity contribution >= 4 is 0 Å². The second-order valence-corrected chi connectivity index (χ2v) is 12.7. The maximum Gasteiger partial charge on any atom is 0.0865 e. The summed E-state index contributed by atoms with van der Waals surface area (Å²) in [6.07, 6.45) is 2.54. The van der Waals surface area contributed by atoms with Crippen LogP contribution in [-0.2, 0) is 42.6 Å². The molecule has 0 radical (unpaired) electrons. The van der Waals surface area contributed by atoms with Gasteiger partial charge in [0.2, 0.25) is 0 Å². The van der Waals surface area contributed by atoms with E-state index < -0.39 is 16.6 Å². The molecule has 0 rings (SSSR count). The highest BCUT2D eigenvalue weighted by Gasteiger charge is 2.27. The van der Waals surface area contributed by atoms with Gasteiger partial charge in [0.15, 0.2) is 0 Å². The van der Waals surface area contributed by atoms with E-state index in [-0.39, 0.29) is 39.6 Å². The van der Waals surface area contributed by atoms with Crippen molar-refractivity contribution in [2.24, 2.45) is 17.2 Å². The Labute approximate surface area is 343 Å². The van der Waals surface area contributed by atoms with Gasteiger partial charge in [0.05, 0.1) is 235 Å². The maximum atomic E-state index is 8.48. The minimum absolute atomic E-state index is 0.188. The average Bonchev–Trinajstić information content (AvgIpc) is 3.21. The largest absolute Gasteiger partial charge is 0.378 e. The van der Waals surface area contributed by atoms with Crippen LogP contribution in [0.4, 0.5) is 0 Å². The van der Waals surface area contributed by atoms with Crippen molar-refractivity contribution in [1.29, 1.82) is 42.1 Å². The lowest BCUT2D eigenvalue weighted by Gasteiger charge is -2.28. The molecule has 0 aliphatic carbocycles. The molecule has 0 atom stereocenters. The quantitative estimate of drug-likeness (QED) is 0.0763. The molecule has 0 aliphatic rings. The van der Waals surface area contributed by atoms with E-state index in [2.05, 4.69) is 0 Å². The fourth-order valence-corrected chi connectivity index (χ4v) is 3.72. The molecule has 20 nitrogen and oxygen atoms in total. The van der Waals surface area contributed by atoms with Gasteiger partial charge in [-0.3, -0.25) is 0 Å². The van der Waals surface area contributed by atoms with Crippen LogP contribution in [0.3, 0.4) is 0 Å². The van der Waals surface area contributed by atoms with Gasteiger partial charge >= 0.3 is 0 Å². The summed E-state index contributed by atoms with van der Waals surface area (Å²) in [7, 11) is 0. The molecule has 0 saturated carbocycles. The first-order valence-electron chi connectivity index (χ1n) is 18.5. The molecule has 0 bridgehead atoms. The van der Waals surface area contributed by atoms with Crippen LogP contribution in [0.2, 0.25) is 0 Å². The zero-order valence-corrected chi connectivity index (χ0v) is 33.9. The first-order chi connectivity index (χ1) is 28.0. The molecule has 0 fully saturated rings. The van der Waals surface area contributed by atoms with Gasteiger partial charge in [-0.25, -0.2) is 0 Å². The van der Waals surface area contributed by atoms with Crippen molar-refractivity contribution in [3.63, 3.8) is 0 Å². The van der Waals surface area contributed by atoms with Crippen LogP contribution in [0.15, 0.2) is 0 Å².